The average Bonchev–Trinajstić information content (AvgIpc) is 2.26. The van der Waals surface area contributed by atoms with Crippen molar-refractivity contribution >= 4 is 0 Å². The molecule has 0 heterocycles. The van der Waals surface area contributed by atoms with Crippen LogP contribution < -0.4 is 11.1 Å². The van der Waals surface area contributed by atoms with Crippen LogP contribution in [0.4, 0.5) is 8.78 Å². The highest BCUT2D eigenvalue weighted by atomic mass is 19.3. The highest BCUT2D eigenvalue weighted by Crippen LogP contribution is 2.29. The van der Waals surface area contributed by atoms with E-state index < -0.39 is 6.43 Å². The summed E-state index contributed by atoms with van der Waals surface area (Å²) in [4.78, 5) is 0. The zero-order valence-corrected chi connectivity index (χ0v) is 9.14. The van der Waals surface area contributed by atoms with Crippen LogP contribution in [0.5, 0.6) is 0 Å². The van der Waals surface area contributed by atoms with E-state index in [-0.39, 0.29) is 18.2 Å². The van der Waals surface area contributed by atoms with Gasteiger partial charge in [0.1, 0.15) is 0 Å². The topological polar surface area (TPSA) is 47.3 Å². The SMILES string of the molecule is COC1CCCC(CN)(NCC(F)F)C1. The number of hydrogen-bond donors (Lipinski definition) is 2. The van der Waals surface area contributed by atoms with E-state index in [0.717, 1.165) is 25.7 Å². The largest absolute Gasteiger partial charge is 0.381 e. The first-order chi connectivity index (χ1) is 7.12. The lowest BCUT2D eigenvalue weighted by Crippen LogP contribution is -2.56. The number of alkyl halides is 2. The van der Waals surface area contributed by atoms with Crippen LogP contribution in [-0.2, 0) is 4.74 Å². The van der Waals surface area contributed by atoms with E-state index in [4.69, 9.17) is 10.5 Å². The predicted octanol–water partition coefficient (Wildman–Crippen LogP) is 1.13. The Balaban J connectivity index is 2.50. The Labute approximate surface area is 89.4 Å². The number of halogens is 2. The fourth-order valence-corrected chi connectivity index (χ4v) is 2.22. The first-order valence-electron chi connectivity index (χ1n) is 5.38. The zero-order chi connectivity index (χ0) is 11.3. The molecular formula is C10H20F2N2O. The molecule has 5 heteroatoms. The van der Waals surface area contributed by atoms with E-state index in [1.54, 1.807) is 7.11 Å². The van der Waals surface area contributed by atoms with Gasteiger partial charge in [0.15, 0.2) is 0 Å². The first-order valence-corrected chi connectivity index (χ1v) is 5.38. The van der Waals surface area contributed by atoms with Crippen molar-refractivity contribution in [3.8, 4) is 0 Å². The van der Waals surface area contributed by atoms with E-state index in [2.05, 4.69) is 5.32 Å². The van der Waals surface area contributed by atoms with Crippen LogP contribution in [-0.4, -0.2) is 38.3 Å². The molecule has 0 aromatic heterocycles. The molecule has 2 unspecified atom stereocenters. The molecule has 0 amide bonds. The van der Waals surface area contributed by atoms with Gasteiger partial charge in [-0.1, -0.05) is 0 Å². The minimum atomic E-state index is -2.32. The Kier molecular flexibility index (Phi) is 4.89. The van der Waals surface area contributed by atoms with E-state index in [0.29, 0.717) is 6.54 Å². The van der Waals surface area contributed by atoms with Crippen LogP contribution in [0.1, 0.15) is 25.7 Å². The van der Waals surface area contributed by atoms with Crippen molar-refractivity contribution in [2.24, 2.45) is 5.73 Å². The summed E-state index contributed by atoms with van der Waals surface area (Å²) in [6.07, 6.45) is 1.38. The van der Waals surface area contributed by atoms with Gasteiger partial charge in [-0.05, 0) is 25.7 Å². The van der Waals surface area contributed by atoms with Gasteiger partial charge in [-0.15, -0.1) is 0 Å². The Morgan fingerprint density at radius 3 is 2.87 bits per heavy atom. The molecule has 2 atom stereocenters. The quantitative estimate of drug-likeness (QED) is 0.733. The third-order valence-electron chi connectivity index (χ3n) is 3.16. The second-order valence-corrected chi connectivity index (χ2v) is 4.21. The van der Waals surface area contributed by atoms with Crippen molar-refractivity contribution in [3.05, 3.63) is 0 Å². The summed E-state index contributed by atoms with van der Waals surface area (Å²) in [6.45, 7) is 0.104. The molecule has 15 heavy (non-hydrogen) atoms. The molecule has 0 spiro atoms. The maximum absolute atomic E-state index is 12.1. The fraction of sp³-hybridized carbons (Fsp3) is 1.00. The number of rotatable bonds is 5. The second-order valence-electron chi connectivity index (χ2n) is 4.21. The molecule has 0 aromatic rings. The summed E-state index contributed by atoms with van der Waals surface area (Å²) in [6, 6.07) is 0. The summed E-state index contributed by atoms with van der Waals surface area (Å²) in [7, 11) is 1.66. The molecule has 1 aliphatic rings. The van der Waals surface area contributed by atoms with Gasteiger partial charge in [0.25, 0.3) is 6.43 Å². The smallest absolute Gasteiger partial charge is 0.250 e. The van der Waals surface area contributed by atoms with Crippen molar-refractivity contribution in [1.82, 2.24) is 5.32 Å². The zero-order valence-electron chi connectivity index (χ0n) is 9.14. The van der Waals surface area contributed by atoms with Gasteiger partial charge < -0.3 is 15.8 Å². The van der Waals surface area contributed by atoms with Crippen molar-refractivity contribution in [2.45, 2.75) is 43.8 Å². The van der Waals surface area contributed by atoms with Gasteiger partial charge in [-0.2, -0.15) is 0 Å². The predicted molar refractivity (Wildman–Crippen MR) is 55.1 cm³/mol. The van der Waals surface area contributed by atoms with Gasteiger partial charge in [-0.25, -0.2) is 8.78 Å². The minimum Gasteiger partial charge on any atom is -0.381 e. The normalized spacial score (nSPS) is 32.2. The molecule has 90 valence electrons. The van der Waals surface area contributed by atoms with Crippen LogP contribution >= 0.6 is 0 Å². The standard InChI is InChI=1S/C10H20F2N2O/c1-15-8-3-2-4-10(5-8,7-13)14-6-9(11)12/h8-9,14H,2-7,13H2,1H3. The third-order valence-corrected chi connectivity index (χ3v) is 3.16. The minimum absolute atomic E-state index is 0.146. The summed E-state index contributed by atoms with van der Waals surface area (Å²) in [5, 5.41) is 2.89. The van der Waals surface area contributed by atoms with E-state index in [1.807, 2.05) is 0 Å². The Hall–Kier alpha value is -0.260. The Morgan fingerprint density at radius 2 is 2.33 bits per heavy atom. The van der Waals surface area contributed by atoms with Gasteiger partial charge in [0.05, 0.1) is 12.6 Å². The number of ether oxygens (including phenoxy) is 1. The maximum Gasteiger partial charge on any atom is 0.250 e. The molecule has 0 aromatic carbocycles. The summed E-state index contributed by atoms with van der Waals surface area (Å²) in [5.74, 6) is 0. The monoisotopic (exact) mass is 222 g/mol. The highest BCUT2D eigenvalue weighted by molar-refractivity contribution is 4.95. The summed E-state index contributed by atoms with van der Waals surface area (Å²) >= 11 is 0. The molecule has 1 saturated carbocycles. The first kappa shape index (κ1) is 12.8. The highest BCUT2D eigenvalue weighted by Gasteiger charge is 2.35. The molecule has 0 aliphatic heterocycles. The second kappa shape index (κ2) is 5.72. The number of hydrogen-bond acceptors (Lipinski definition) is 3. The molecule has 3 nitrogen and oxygen atoms in total. The Bertz CT molecular complexity index is 192. The van der Waals surface area contributed by atoms with Crippen LogP contribution in [0.25, 0.3) is 0 Å². The lowest BCUT2D eigenvalue weighted by molar-refractivity contribution is 0.0262. The number of methoxy groups -OCH3 is 1. The molecule has 1 aliphatic carbocycles. The third kappa shape index (κ3) is 3.66. The molecular weight excluding hydrogens is 202 g/mol. The maximum atomic E-state index is 12.1. The van der Waals surface area contributed by atoms with Crippen LogP contribution in [0.15, 0.2) is 0 Å². The lowest BCUT2D eigenvalue weighted by Gasteiger charge is -2.40. The molecule has 0 radical (unpaired) electrons. The molecule has 0 bridgehead atoms. The summed E-state index contributed by atoms with van der Waals surface area (Å²) in [5.41, 5.74) is 5.33. The molecule has 3 N–H and O–H groups in total. The van der Waals surface area contributed by atoms with Crippen molar-refractivity contribution in [2.75, 3.05) is 20.2 Å². The number of nitrogens with one attached hydrogen (secondary N) is 1. The van der Waals surface area contributed by atoms with Gasteiger partial charge >= 0.3 is 0 Å². The van der Waals surface area contributed by atoms with Gasteiger partial charge in [0, 0.05) is 19.2 Å². The lowest BCUT2D eigenvalue weighted by atomic mass is 9.80. The molecule has 1 fully saturated rings. The van der Waals surface area contributed by atoms with Crippen LogP contribution in [0.3, 0.4) is 0 Å². The van der Waals surface area contributed by atoms with Crippen LogP contribution in [0.2, 0.25) is 0 Å². The summed E-state index contributed by atoms with van der Waals surface area (Å²) < 4.78 is 29.6. The average molecular weight is 222 g/mol. The van der Waals surface area contributed by atoms with Crippen molar-refractivity contribution in [1.29, 1.82) is 0 Å². The fourth-order valence-electron chi connectivity index (χ4n) is 2.22. The van der Waals surface area contributed by atoms with E-state index in [1.165, 1.54) is 0 Å². The molecule has 0 saturated heterocycles. The van der Waals surface area contributed by atoms with Crippen molar-refractivity contribution in [3.63, 3.8) is 0 Å². The van der Waals surface area contributed by atoms with Gasteiger partial charge in [-0.3, -0.25) is 0 Å². The van der Waals surface area contributed by atoms with Gasteiger partial charge in [0.2, 0.25) is 0 Å². The van der Waals surface area contributed by atoms with E-state index >= 15 is 0 Å². The Morgan fingerprint density at radius 1 is 1.60 bits per heavy atom. The van der Waals surface area contributed by atoms with Crippen molar-refractivity contribution < 1.29 is 13.5 Å². The van der Waals surface area contributed by atoms with Crippen LogP contribution in [0, 0.1) is 0 Å². The number of nitrogens with two attached hydrogens (primary N) is 1. The van der Waals surface area contributed by atoms with E-state index in [9.17, 15) is 8.78 Å². The molecule has 1 rings (SSSR count).